The number of carbonyl (C=O) groups excluding carboxylic acids is 1. The van der Waals surface area contributed by atoms with Gasteiger partial charge in [-0.2, -0.15) is 0 Å². The number of pyridine rings is 1. The third kappa shape index (κ3) is 4.79. The molecule has 1 aliphatic heterocycles. The van der Waals surface area contributed by atoms with Gasteiger partial charge in [0.25, 0.3) is 5.91 Å². The molecule has 33 heavy (non-hydrogen) atoms. The molecule has 1 fully saturated rings. The fourth-order valence-corrected chi connectivity index (χ4v) is 5.38. The standard InChI is InChI=1S/C22H19ClN6O2S2/c23-16-3-1-2-4-18(16)29-20(15-5-7-24-8-6-15)26-27-22(29)33-14-19-25-17(13-32-19)21(30)28-9-11-31-12-10-28/h1-8,13H,9-12,14H2. The number of aromatic nitrogens is 5. The van der Waals surface area contributed by atoms with Crippen LogP contribution < -0.4 is 0 Å². The summed E-state index contributed by atoms with van der Waals surface area (Å²) in [7, 11) is 0. The molecule has 4 aromatic rings. The van der Waals surface area contributed by atoms with Gasteiger partial charge in [0, 0.05) is 36.4 Å². The molecule has 0 aliphatic carbocycles. The molecule has 0 unspecified atom stereocenters. The zero-order valence-corrected chi connectivity index (χ0v) is 19.8. The van der Waals surface area contributed by atoms with E-state index in [9.17, 15) is 4.79 Å². The third-order valence-corrected chi connectivity index (χ3v) is 7.35. The maximum atomic E-state index is 12.7. The topological polar surface area (TPSA) is 86.0 Å². The molecule has 0 saturated carbocycles. The summed E-state index contributed by atoms with van der Waals surface area (Å²) < 4.78 is 7.27. The van der Waals surface area contributed by atoms with Crippen LogP contribution in [0, 0.1) is 0 Å². The molecule has 4 heterocycles. The van der Waals surface area contributed by atoms with Gasteiger partial charge in [0.1, 0.15) is 10.7 Å². The quantitative estimate of drug-likeness (QED) is 0.368. The number of nitrogens with zero attached hydrogens (tertiary/aromatic N) is 6. The molecule has 1 saturated heterocycles. The van der Waals surface area contributed by atoms with Gasteiger partial charge < -0.3 is 9.64 Å². The third-order valence-electron chi connectivity index (χ3n) is 5.06. The highest BCUT2D eigenvalue weighted by molar-refractivity contribution is 7.98. The highest BCUT2D eigenvalue weighted by Crippen LogP contribution is 2.33. The summed E-state index contributed by atoms with van der Waals surface area (Å²) in [6.07, 6.45) is 3.44. The van der Waals surface area contributed by atoms with E-state index in [-0.39, 0.29) is 5.91 Å². The average Bonchev–Trinajstić information content (AvgIpc) is 3.51. The molecule has 1 aliphatic rings. The predicted molar refractivity (Wildman–Crippen MR) is 128 cm³/mol. The van der Waals surface area contributed by atoms with Crippen molar-refractivity contribution in [3.05, 3.63) is 69.9 Å². The summed E-state index contributed by atoms with van der Waals surface area (Å²) in [6, 6.07) is 11.4. The molecule has 11 heteroatoms. The van der Waals surface area contributed by atoms with Crippen LogP contribution in [0.3, 0.4) is 0 Å². The van der Waals surface area contributed by atoms with E-state index < -0.39 is 0 Å². The van der Waals surface area contributed by atoms with Crippen LogP contribution in [0.4, 0.5) is 0 Å². The van der Waals surface area contributed by atoms with Crippen LogP contribution >= 0.6 is 34.7 Å². The SMILES string of the molecule is O=C(c1csc(CSc2nnc(-c3ccncc3)n2-c2ccccc2Cl)n1)N1CCOCC1. The van der Waals surface area contributed by atoms with Crippen LogP contribution in [-0.2, 0) is 10.5 Å². The number of para-hydroxylation sites is 1. The Balaban J connectivity index is 1.39. The van der Waals surface area contributed by atoms with Crippen LogP contribution in [-0.4, -0.2) is 61.8 Å². The van der Waals surface area contributed by atoms with Crippen LogP contribution in [0.25, 0.3) is 17.1 Å². The van der Waals surface area contributed by atoms with Crippen LogP contribution in [0.15, 0.2) is 59.3 Å². The van der Waals surface area contributed by atoms with Crippen LogP contribution in [0.1, 0.15) is 15.5 Å². The Morgan fingerprint density at radius 1 is 1.12 bits per heavy atom. The molecule has 0 bridgehead atoms. The molecule has 1 amide bonds. The predicted octanol–water partition coefficient (Wildman–Crippen LogP) is 4.20. The van der Waals surface area contributed by atoms with Crippen molar-refractivity contribution in [1.82, 2.24) is 29.6 Å². The minimum atomic E-state index is -0.0509. The lowest BCUT2D eigenvalue weighted by molar-refractivity contribution is 0.0299. The maximum Gasteiger partial charge on any atom is 0.273 e. The van der Waals surface area contributed by atoms with E-state index in [1.807, 2.05) is 46.3 Å². The molecule has 0 N–H and O–H groups in total. The number of morpholine rings is 1. The first-order valence-electron chi connectivity index (χ1n) is 10.3. The molecular weight excluding hydrogens is 480 g/mol. The number of rotatable bonds is 6. The first-order chi connectivity index (χ1) is 16.2. The number of halogens is 1. The summed E-state index contributed by atoms with van der Waals surface area (Å²) in [5.41, 5.74) is 2.15. The van der Waals surface area contributed by atoms with Crippen molar-refractivity contribution < 1.29 is 9.53 Å². The molecule has 0 atom stereocenters. The van der Waals surface area contributed by atoms with Crippen LogP contribution in [0.2, 0.25) is 5.02 Å². The molecule has 0 radical (unpaired) electrons. The van der Waals surface area contributed by atoms with Gasteiger partial charge in [-0.3, -0.25) is 14.3 Å². The summed E-state index contributed by atoms with van der Waals surface area (Å²) in [6.45, 7) is 2.32. The summed E-state index contributed by atoms with van der Waals surface area (Å²) >= 11 is 9.48. The van der Waals surface area contributed by atoms with E-state index in [2.05, 4.69) is 20.2 Å². The Morgan fingerprint density at radius 2 is 1.91 bits per heavy atom. The zero-order chi connectivity index (χ0) is 22.6. The highest BCUT2D eigenvalue weighted by Gasteiger charge is 2.22. The molecule has 3 aromatic heterocycles. The summed E-state index contributed by atoms with van der Waals surface area (Å²) in [5.74, 6) is 1.18. The first-order valence-corrected chi connectivity index (χ1v) is 12.5. The minimum Gasteiger partial charge on any atom is -0.378 e. The van der Waals surface area contributed by atoms with E-state index in [4.69, 9.17) is 16.3 Å². The lowest BCUT2D eigenvalue weighted by Crippen LogP contribution is -2.40. The van der Waals surface area contributed by atoms with Crippen LogP contribution in [0.5, 0.6) is 0 Å². The number of hydrogen-bond acceptors (Lipinski definition) is 8. The number of thiazole rings is 1. The summed E-state index contributed by atoms with van der Waals surface area (Å²) in [4.78, 5) is 23.1. The van der Waals surface area contributed by atoms with E-state index >= 15 is 0 Å². The van der Waals surface area contributed by atoms with Gasteiger partial charge in [0.2, 0.25) is 0 Å². The smallest absolute Gasteiger partial charge is 0.273 e. The molecule has 1 aromatic carbocycles. The van der Waals surface area contributed by atoms with Gasteiger partial charge in [-0.1, -0.05) is 35.5 Å². The fourth-order valence-electron chi connectivity index (χ4n) is 3.43. The molecule has 0 spiro atoms. The normalized spacial score (nSPS) is 13.9. The van der Waals surface area contributed by atoms with Gasteiger partial charge in [-0.25, -0.2) is 4.98 Å². The molecule has 168 valence electrons. The number of ether oxygens (including phenoxy) is 1. The highest BCUT2D eigenvalue weighted by atomic mass is 35.5. The van der Waals surface area contributed by atoms with Gasteiger partial charge in [-0.15, -0.1) is 21.5 Å². The monoisotopic (exact) mass is 498 g/mol. The van der Waals surface area contributed by atoms with Crippen molar-refractivity contribution in [3.8, 4) is 17.1 Å². The minimum absolute atomic E-state index is 0.0509. The Kier molecular flexibility index (Phi) is 6.68. The number of hydrogen-bond donors (Lipinski definition) is 0. The number of benzene rings is 1. The van der Waals surface area contributed by atoms with Crippen molar-refractivity contribution in [2.75, 3.05) is 26.3 Å². The summed E-state index contributed by atoms with van der Waals surface area (Å²) in [5, 5.41) is 12.8. The molecule has 5 rings (SSSR count). The second kappa shape index (κ2) is 10.0. The molecule has 8 nitrogen and oxygen atoms in total. The second-order valence-electron chi connectivity index (χ2n) is 7.15. The fraction of sp³-hybridized carbons (Fsp3) is 0.227. The Morgan fingerprint density at radius 3 is 2.70 bits per heavy atom. The van der Waals surface area contributed by atoms with E-state index in [1.54, 1.807) is 17.3 Å². The van der Waals surface area contributed by atoms with E-state index in [1.165, 1.54) is 23.1 Å². The Labute approximate surface area is 203 Å². The lowest BCUT2D eigenvalue weighted by atomic mass is 10.2. The van der Waals surface area contributed by atoms with Gasteiger partial charge in [-0.05, 0) is 24.3 Å². The van der Waals surface area contributed by atoms with E-state index in [0.717, 1.165) is 16.3 Å². The van der Waals surface area contributed by atoms with Crippen molar-refractivity contribution >= 4 is 40.6 Å². The second-order valence-corrected chi connectivity index (χ2v) is 9.44. The Hall–Kier alpha value is -2.79. The van der Waals surface area contributed by atoms with Gasteiger partial charge in [0.05, 0.1) is 29.7 Å². The number of thioether (sulfide) groups is 1. The molecular formula is C22H19ClN6O2S2. The van der Waals surface area contributed by atoms with Crippen molar-refractivity contribution in [2.45, 2.75) is 10.9 Å². The Bertz CT molecular complexity index is 1260. The van der Waals surface area contributed by atoms with Crippen molar-refractivity contribution in [1.29, 1.82) is 0 Å². The zero-order valence-electron chi connectivity index (χ0n) is 17.4. The average molecular weight is 499 g/mol. The number of amides is 1. The number of carbonyl (C=O) groups is 1. The van der Waals surface area contributed by atoms with Gasteiger partial charge in [0.15, 0.2) is 11.0 Å². The van der Waals surface area contributed by atoms with Crippen molar-refractivity contribution in [2.24, 2.45) is 0 Å². The van der Waals surface area contributed by atoms with Crippen molar-refractivity contribution in [3.63, 3.8) is 0 Å². The maximum absolute atomic E-state index is 12.7. The van der Waals surface area contributed by atoms with Gasteiger partial charge >= 0.3 is 0 Å². The van der Waals surface area contributed by atoms with E-state index in [0.29, 0.717) is 53.8 Å². The largest absolute Gasteiger partial charge is 0.378 e. The lowest BCUT2D eigenvalue weighted by Gasteiger charge is -2.25. The first kappa shape index (κ1) is 22.0.